The quantitative estimate of drug-likeness (QED) is 0.827. The molecule has 2 nitrogen and oxygen atoms in total. The number of allylic oxidation sites excluding steroid dienone is 1. The summed E-state index contributed by atoms with van der Waals surface area (Å²) in [6.07, 6.45) is 3.25. The summed E-state index contributed by atoms with van der Waals surface area (Å²) in [5, 5.41) is 0. The minimum atomic E-state index is 0.432. The smallest absolute Gasteiger partial charge is 0.123 e. The highest BCUT2D eigenvalue weighted by molar-refractivity contribution is 5.62. The van der Waals surface area contributed by atoms with Crippen molar-refractivity contribution in [3.8, 4) is 5.75 Å². The lowest BCUT2D eigenvalue weighted by Crippen LogP contribution is -2.09. The van der Waals surface area contributed by atoms with Gasteiger partial charge in [0.15, 0.2) is 0 Å². The highest BCUT2D eigenvalue weighted by Gasteiger charge is 2.17. The van der Waals surface area contributed by atoms with E-state index in [0.717, 1.165) is 30.1 Å². The highest BCUT2D eigenvalue weighted by Crippen LogP contribution is 2.31. The Labute approximate surface area is 119 Å². The number of ether oxygens (including phenoxy) is 2. The summed E-state index contributed by atoms with van der Waals surface area (Å²) in [5.41, 5.74) is 2.45. The predicted molar refractivity (Wildman–Crippen MR) is 80.7 cm³/mol. The van der Waals surface area contributed by atoms with Gasteiger partial charge in [0, 0.05) is 11.5 Å². The Kier molecular flexibility index (Phi) is 3.73. The van der Waals surface area contributed by atoms with E-state index in [-0.39, 0.29) is 0 Å². The van der Waals surface area contributed by atoms with Crippen molar-refractivity contribution in [3.63, 3.8) is 0 Å². The Hall–Kier alpha value is -2.22. The van der Waals surface area contributed by atoms with Gasteiger partial charge in [0.05, 0.1) is 13.7 Å². The van der Waals surface area contributed by atoms with E-state index in [0.29, 0.717) is 5.92 Å². The Morgan fingerprint density at radius 1 is 1.00 bits per heavy atom. The average Bonchev–Trinajstić information content (AvgIpc) is 2.56. The first-order valence-corrected chi connectivity index (χ1v) is 6.91. The van der Waals surface area contributed by atoms with Crippen LogP contribution in [-0.4, -0.2) is 13.7 Å². The fraction of sp³-hybridized carbons (Fsp3) is 0.222. The van der Waals surface area contributed by atoms with Gasteiger partial charge in [-0.15, -0.1) is 0 Å². The molecule has 2 aromatic carbocycles. The van der Waals surface area contributed by atoms with Crippen LogP contribution in [0.1, 0.15) is 23.5 Å². The lowest BCUT2D eigenvalue weighted by atomic mass is 9.93. The monoisotopic (exact) mass is 266 g/mol. The zero-order chi connectivity index (χ0) is 13.8. The van der Waals surface area contributed by atoms with Crippen LogP contribution >= 0.6 is 0 Å². The molecule has 0 fully saturated rings. The van der Waals surface area contributed by atoms with Crippen LogP contribution in [0.2, 0.25) is 0 Å². The van der Waals surface area contributed by atoms with Crippen LogP contribution in [0.4, 0.5) is 0 Å². The van der Waals surface area contributed by atoms with Crippen molar-refractivity contribution in [1.82, 2.24) is 0 Å². The molecule has 0 bridgehead atoms. The fourth-order valence-electron chi connectivity index (χ4n) is 2.51. The minimum absolute atomic E-state index is 0.432. The molecule has 0 aromatic heterocycles. The number of hydrogen-bond acceptors (Lipinski definition) is 2. The van der Waals surface area contributed by atoms with Crippen LogP contribution in [0.25, 0.3) is 5.76 Å². The van der Waals surface area contributed by atoms with Crippen LogP contribution in [-0.2, 0) is 4.74 Å². The first-order chi connectivity index (χ1) is 9.86. The SMILES string of the molecule is COc1ccc(C2=CC(c3ccccc3)CCO2)cc1. The molecule has 2 aromatic rings. The minimum Gasteiger partial charge on any atom is -0.497 e. The van der Waals surface area contributed by atoms with Gasteiger partial charge in [-0.05, 0) is 42.3 Å². The maximum atomic E-state index is 5.81. The van der Waals surface area contributed by atoms with Gasteiger partial charge in [0.25, 0.3) is 0 Å². The molecule has 102 valence electrons. The normalized spacial score (nSPS) is 18.1. The number of methoxy groups -OCH3 is 1. The van der Waals surface area contributed by atoms with Crippen LogP contribution < -0.4 is 4.74 Å². The molecule has 0 N–H and O–H groups in total. The summed E-state index contributed by atoms with van der Waals surface area (Å²) in [7, 11) is 1.68. The highest BCUT2D eigenvalue weighted by atomic mass is 16.5. The summed E-state index contributed by atoms with van der Waals surface area (Å²) in [4.78, 5) is 0. The zero-order valence-electron chi connectivity index (χ0n) is 11.6. The van der Waals surface area contributed by atoms with E-state index < -0.39 is 0 Å². The van der Waals surface area contributed by atoms with Gasteiger partial charge >= 0.3 is 0 Å². The van der Waals surface area contributed by atoms with E-state index in [2.05, 4.69) is 36.4 Å². The molecule has 0 saturated carbocycles. The Morgan fingerprint density at radius 2 is 1.75 bits per heavy atom. The summed E-state index contributed by atoms with van der Waals surface area (Å²) < 4.78 is 11.0. The summed E-state index contributed by atoms with van der Waals surface area (Å²) in [6, 6.07) is 18.6. The van der Waals surface area contributed by atoms with Gasteiger partial charge < -0.3 is 9.47 Å². The predicted octanol–water partition coefficient (Wildman–Crippen LogP) is 4.24. The van der Waals surface area contributed by atoms with E-state index in [4.69, 9.17) is 9.47 Å². The molecule has 1 aliphatic heterocycles. The third-order valence-electron chi connectivity index (χ3n) is 3.64. The first-order valence-electron chi connectivity index (χ1n) is 6.91. The largest absolute Gasteiger partial charge is 0.497 e. The summed E-state index contributed by atoms with van der Waals surface area (Å²) in [5.74, 6) is 2.26. The van der Waals surface area contributed by atoms with Crippen molar-refractivity contribution in [2.75, 3.05) is 13.7 Å². The fourth-order valence-corrected chi connectivity index (χ4v) is 2.51. The molecule has 0 amide bonds. The molecular weight excluding hydrogens is 248 g/mol. The van der Waals surface area contributed by atoms with Gasteiger partial charge in [0.2, 0.25) is 0 Å². The Morgan fingerprint density at radius 3 is 2.45 bits per heavy atom. The van der Waals surface area contributed by atoms with Crippen molar-refractivity contribution in [3.05, 3.63) is 71.8 Å². The van der Waals surface area contributed by atoms with Crippen molar-refractivity contribution >= 4 is 5.76 Å². The van der Waals surface area contributed by atoms with E-state index in [1.165, 1.54) is 5.56 Å². The Bertz CT molecular complexity index is 585. The van der Waals surface area contributed by atoms with Crippen LogP contribution in [0.15, 0.2) is 60.7 Å². The molecule has 0 radical (unpaired) electrons. The molecule has 1 heterocycles. The molecule has 3 rings (SSSR count). The van der Waals surface area contributed by atoms with E-state index >= 15 is 0 Å². The lowest BCUT2D eigenvalue weighted by Gasteiger charge is -2.22. The standard InChI is InChI=1S/C18H18O2/c1-19-17-9-7-15(8-10-17)18-13-16(11-12-20-18)14-5-3-2-4-6-14/h2-10,13,16H,11-12H2,1H3. The van der Waals surface area contributed by atoms with Gasteiger partial charge in [0.1, 0.15) is 11.5 Å². The molecule has 1 unspecified atom stereocenters. The summed E-state index contributed by atoms with van der Waals surface area (Å²) >= 11 is 0. The molecule has 2 heteroatoms. The lowest BCUT2D eigenvalue weighted by molar-refractivity contribution is 0.250. The average molecular weight is 266 g/mol. The van der Waals surface area contributed by atoms with Crippen molar-refractivity contribution in [2.45, 2.75) is 12.3 Å². The third kappa shape index (κ3) is 2.69. The number of benzene rings is 2. The number of hydrogen-bond donors (Lipinski definition) is 0. The van der Waals surface area contributed by atoms with Crippen molar-refractivity contribution in [2.24, 2.45) is 0 Å². The van der Waals surface area contributed by atoms with Crippen LogP contribution in [0.5, 0.6) is 5.75 Å². The zero-order valence-corrected chi connectivity index (χ0v) is 11.6. The van der Waals surface area contributed by atoms with Crippen molar-refractivity contribution in [1.29, 1.82) is 0 Å². The van der Waals surface area contributed by atoms with Crippen LogP contribution in [0.3, 0.4) is 0 Å². The molecule has 1 aliphatic rings. The van der Waals surface area contributed by atoms with E-state index in [1.807, 2.05) is 24.3 Å². The second kappa shape index (κ2) is 5.83. The third-order valence-corrected chi connectivity index (χ3v) is 3.64. The van der Waals surface area contributed by atoms with Gasteiger partial charge in [-0.25, -0.2) is 0 Å². The molecule has 1 atom stereocenters. The Balaban J connectivity index is 1.87. The topological polar surface area (TPSA) is 18.5 Å². The second-order valence-corrected chi connectivity index (χ2v) is 4.91. The van der Waals surface area contributed by atoms with Gasteiger partial charge in [-0.2, -0.15) is 0 Å². The van der Waals surface area contributed by atoms with Gasteiger partial charge in [-0.1, -0.05) is 30.3 Å². The maximum absolute atomic E-state index is 5.81. The first kappa shape index (κ1) is 12.8. The molecule has 20 heavy (non-hydrogen) atoms. The second-order valence-electron chi connectivity index (χ2n) is 4.91. The molecular formula is C18H18O2. The van der Waals surface area contributed by atoms with E-state index in [9.17, 15) is 0 Å². The number of rotatable bonds is 3. The molecule has 0 spiro atoms. The van der Waals surface area contributed by atoms with Crippen molar-refractivity contribution < 1.29 is 9.47 Å². The van der Waals surface area contributed by atoms with Crippen LogP contribution in [0, 0.1) is 0 Å². The van der Waals surface area contributed by atoms with E-state index in [1.54, 1.807) is 7.11 Å². The summed E-state index contributed by atoms with van der Waals surface area (Å²) in [6.45, 7) is 0.761. The molecule has 0 saturated heterocycles. The van der Waals surface area contributed by atoms with Gasteiger partial charge in [-0.3, -0.25) is 0 Å². The maximum Gasteiger partial charge on any atom is 0.123 e. The molecule has 0 aliphatic carbocycles.